The zero-order valence-electron chi connectivity index (χ0n) is 12.5. The molecule has 1 aromatic heterocycles. The predicted octanol–water partition coefficient (Wildman–Crippen LogP) is 3.51. The molecule has 10 heteroatoms. The first kappa shape index (κ1) is 18.3. The number of nitro benzene ring substituents is 1. The quantitative estimate of drug-likeness (QED) is 0.466. The third-order valence-electron chi connectivity index (χ3n) is 3.70. The van der Waals surface area contributed by atoms with Crippen molar-refractivity contribution in [3.63, 3.8) is 0 Å². The number of hydrogen-bond acceptors (Lipinski definition) is 4. The second-order valence-electron chi connectivity index (χ2n) is 5.44. The molecule has 1 atom stereocenters. The molecule has 2 aromatic rings. The van der Waals surface area contributed by atoms with Crippen LogP contribution < -0.4 is 0 Å². The fourth-order valence-corrected chi connectivity index (χ4v) is 3.09. The summed E-state index contributed by atoms with van der Waals surface area (Å²) in [5.74, 6) is -0.193. The summed E-state index contributed by atoms with van der Waals surface area (Å²) < 4.78 is 49.9. The normalized spacial score (nSPS) is 14.5. The summed E-state index contributed by atoms with van der Waals surface area (Å²) in [6.45, 7) is 1.79. The van der Waals surface area contributed by atoms with Crippen molar-refractivity contribution in [3.8, 4) is 0 Å². The maximum atomic E-state index is 13.0. The average molecular weight is 363 g/mol. The first-order valence-corrected chi connectivity index (χ1v) is 7.89. The molecular weight excluding hydrogens is 349 g/mol. The Kier molecular flexibility index (Phi) is 4.90. The summed E-state index contributed by atoms with van der Waals surface area (Å²) in [6, 6.07) is 2.80. The number of aliphatic hydroxyl groups is 1. The molecule has 0 aliphatic carbocycles. The van der Waals surface area contributed by atoms with E-state index in [4.69, 9.17) is 0 Å². The van der Waals surface area contributed by atoms with Gasteiger partial charge >= 0.3 is 17.8 Å². The molecule has 130 valence electrons. The van der Waals surface area contributed by atoms with E-state index >= 15 is 0 Å². The van der Waals surface area contributed by atoms with Crippen LogP contribution in [0.25, 0.3) is 10.9 Å². The number of alkyl halides is 3. The van der Waals surface area contributed by atoms with Crippen LogP contribution in [0.4, 0.5) is 18.9 Å². The van der Waals surface area contributed by atoms with Crippen LogP contribution in [-0.4, -0.2) is 20.8 Å². The van der Waals surface area contributed by atoms with E-state index in [1.807, 2.05) is 0 Å². The third kappa shape index (κ3) is 3.39. The van der Waals surface area contributed by atoms with Crippen molar-refractivity contribution in [1.82, 2.24) is 4.98 Å². The van der Waals surface area contributed by atoms with Crippen LogP contribution in [0.5, 0.6) is 0 Å². The number of fused-ring (bicyclic) bond motifs is 1. The molecule has 0 radical (unpaired) electrons. The minimum absolute atomic E-state index is 0.00773. The maximum Gasteiger partial charge on any atom is 0.462 e. The summed E-state index contributed by atoms with van der Waals surface area (Å²) in [4.78, 5) is 12.5. The van der Waals surface area contributed by atoms with Gasteiger partial charge in [0.15, 0.2) is 5.60 Å². The second-order valence-corrected chi connectivity index (χ2v) is 5.96. The molecule has 2 rings (SSSR count). The fourth-order valence-electron chi connectivity index (χ4n) is 2.59. The number of nitrogens with one attached hydrogen (secondary N) is 1. The summed E-state index contributed by atoms with van der Waals surface area (Å²) in [7, 11) is 0. The molecule has 2 N–H and O–H groups in total. The summed E-state index contributed by atoms with van der Waals surface area (Å²) in [5.41, 5.74) is -3.79. The van der Waals surface area contributed by atoms with Gasteiger partial charge in [0, 0.05) is 21.2 Å². The zero-order valence-corrected chi connectivity index (χ0v) is 13.3. The van der Waals surface area contributed by atoms with Crippen LogP contribution in [0.15, 0.2) is 18.2 Å². The molecule has 0 fully saturated rings. The van der Waals surface area contributed by atoms with Gasteiger partial charge in [0.05, 0.1) is 10.6 Å². The Morgan fingerprint density at radius 2 is 2.00 bits per heavy atom. The van der Waals surface area contributed by atoms with Crippen molar-refractivity contribution in [2.24, 2.45) is 0 Å². The van der Waals surface area contributed by atoms with Gasteiger partial charge in [0.1, 0.15) is 5.56 Å². The number of halogens is 3. The monoisotopic (exact) mass is 363 g/mol. The number of aromatic amines is 1. The molecule has 1 heterocycles. The van der Waals surface area contributed by atoms with E-state index < -0.39 is 28.0 Å². The highest BCUT2D eigenvalue weighted by Gasteiger charge is 2.40. The highest BCUT2D eigenvalue weighted by atomic mass is 32.1. The minimum Gasteiger partial charge on any atom is -0.378 e. The van der Waals surface area contributed by atoms with Crippen LogP contribution in [0, 0.1) is 10.1 Å². The average Bonchev–Trinajstić information content (AvgIpc) is 2.89. The molecule has 24 heavy (non-hydrogen) atoms. The van der Waals surface area contributed by atoms with E-state index in [9.17, 15) is 32.6 Å². The lowest BCUT2D eigenvalue weighted by molar-refractivity contribution is -0.387. The Labute approximate surface area is 138 Å². The van der Waals surface area contributed by atoms with Crippen molar-refractivity contribution < 1.29 is 27.4 Å². The van der Waals surface area contributed by atoms with Gasteiger partial charge in [-0.15, -0.1) is 0 Å². The van der Waals surface area contributed by atoms with E-state index in [2.05, 4.69) is 4.98 Å². The zero-order chi connectivity index (χ0) is 18.1. The van der Waals surface area contributed by atoms with Crippen LogP contribution in [0.3, 0.4) is 0 Å². The van der Waals surface area contributed by atoms with Crippen molar-refractivity contribution in [2.75, 3.05) is 5.75 Å². The molecule has 1 aromatic carbocycles. The van der Waals surface area contributed by atoms with Gasteiger partial charge in [0.2, 0.25) is 0 Å². The number of H-pyrrole nitrogens is 1. The Hall–Kier alpha value is -2.07. The number of aromatic nitrogens is 1. The van der Waals surface area contributed by atoms with Gasteiger partial charge < -0.3 is 10.1 Å². The summed E-state index contributed by atoms with van der Waals surface area (Å²) >= 11 is 0.160. The van der Waals surface area contributed by atoms with Gasteiger partial charge in [-0.1, -0.05) is 13.3 Å². The van der Waals surface area contributed by atoms with Crippen molar-refractivity contribution in [2.45, 2.75) is 31.5 Å². The molecule has 0 spiro atoms. The van der Waals surface area contributed by atoms with E-state index in [0.29, 0.717) is 12.5 Å². The molecular formula is C14H14F3N2O4S+. The Morgan fingerprint density at radius 3 is 2.50 bits per heavy atom. The highest BCUT2D eigenvalue weighted by Crippen LogP contribution is 2.39. The molecule has 6 nitrogen and oxygen atoms in total. The molecule has 1 unspecified atom stereocenters. The lowest BCUT2D eigenvalue weighted by Gasteiger charge is -2.19. The Bertz CT molecular complexity index is 790. The lowest BCUT2D eigenvalue weighted by atomic mass is 9.96. The summed E-state index contributed by atoms with van der Waals surface area (Å²) in [5, 5.41) is 21.7. The van der Waals surface area contributed by atoms with Gasteiger partial charge in [0.25, 0.3) is 11.4 Å². The third-order valence-corrected chi connectivity index (χ3v) is 4.30. The molecule has 0 saturated heterocycles. The standard InChI is InChI=1S/C14H14F3N2O4S/c1-2-3-13(20,7-24-23)12-5-8-4-11(19(21)22)9(14(15,16)17)6-10(8)18-12/h4-6,18,20H,2-3,7H2,1H3/q+1. The van der Waals surface area contributed by atoms with E-state index in [-0.39, 0.29) is 40.4 Å². The topological polar surface area (TPSA) is 96.2 Å². The number of rotatable bonds is 6. The van der Waals surface area contributed by atoms with Crippen LogP contribution in [0.2, 0.25) is 0 Å². The number of nitrogens with zero attached hydrogens (tertiary/aromatic N) is 1. The fraction of sp³-hybridized carbons (Fsp3) is 0.429. The van der Waals surface area contributed by atoms with Crippen LogP contribution >= 0.6 is 0 Å². The van der Waals surface area contributed by atoms with Crippen LogP contribution in [0.1, 0.15) is 31.0 Å². The largest absolute Gasteiger partial charge is 0.462 e. The number of hydrogen-bond donors (Lipinski definition) is 2. The van der Waals surface area contributed by atoms with E-state index in [1.165, 1.54) is 6.07 Å². The van der Waals surface area contributed by atoms with Crippen LogP contribution in [-0.2, 0) is 27.7 Å². The number of benzene rings is 1. The molecule has 0 bridgehead atoms. The van der Waals surface area contributed by atoms with Gasteiger partial charge in [-0.2, -0.15) is 13.2 Å². The van der Waals surface area contributed by atoms with E-state index in [1.54, 1.807) is 6.92 Å². The van der Waals surface area contributed by atoms with Gasteiger partial charge in [-0.25, -0.2) is 0 Å². The first-order chi connectivity index (χ1) is 11.1. The van der Waals surface area contributed by atoms with Gasteiger partial charge in [-0.3, -0.25) is 10.1 Å². The number of nitro groups is 1. The van der Waals surface area contributed by atoms with E-state index in [0.717, 1.165) is 6.07 Å². The second kappa shape index (κ2) is 6.44. The highest BCUT2D eigenvalue weighted by molar-refractivity contribution is 7.65. The predicted molar refractivity (Wildman–Crippen MR) is 81.7 cm³/mol. The molecule has 0 saturated carbocycles. The molecule has 0 amide bonds. The lowest BCUT2D eigenvalue weighted by Crippen LogP contribution is -2.30. The SMILES string of the molecule is CCCC(O)(C[S+]=O)c1cc2cc([N+](=O)[O-])c(C(F)(F)F)cc2[nH]1. The van der Waals surface area contributed by atoms with Crippen molar-refractivity contribution in [3.05, 3.63) is 39.6 Å². The van der Waals surface area contributed by atoms with Gasteiger partial charge in [-0.05, 0) is 18.6 Å². The van der Waals surface area contributed by atoms with Crippen molar-refractivity contribution >= 4 is 28.3 Å². The van der Waals surface area contributed by atoms with Crippen molar-refractivity contribution in [1.29, 1.82) is 0 Å². The maximum absolute atomic E-state index is 13.0. The molecule has 0 aliphatic rings. The Morgan fingerprint density at radius 1 is 1.33 bits per heavy atom. The minimum atomic E-state index is -4.88. The Balaban J connectivity index is 2.66. The smallest absolute Gasteiger partial charge is 0.378 e. The first-order valence-electron chi connectivity index (χ1n) is 6.98. The summed E-state index contributed by atoms with van der Waals surface area (Å²) in [6.07, 6.45) is -4.11. The molecule has 0 aliphatic heterocycles.